The molecule has 0 aromatic heterocycles. The molecule has 1 saturated heterocycles. The topological polar surface area (TPSA) is 32.5 Å². The monoisotopic (exact) mass is 269 g/mol. The Morgan fingerprint density at radius 3 is 2.79 bits per heavy atom. The second kappa shape index (κ2) is 5.74. The fourth-order valence-electron chi connectivity index (χ4n) is 2.72. The summed E-state index contributed by atoms with van der Waals surface area (Å²) in [7, 11) is 3.95. The van der Waals surface area contributed by atoms with Crippen LogP contribution >= 0.6 is 0 Å². The molecule has 1 aromatic carbocycles. The van der Waals surface area contributed by atoms with Crippen LogP contribution in [0.15, 0.2) is 18.2 Å². The lowest BCUT2D eigenvalue weighted by molar-refractivity contribution is 0.152. The maximum atomic E-state index is 13.1. The SMILES string of the molecule is CN(CC1CCCN1C)c1ccc(N)cc1C(F)F. The first kappa shape index (κ1) is 14.1. The molecule has 1 heterocycles. The van der Waals surface area contributed by atoms with Gasteiger partial charge in [0.2, 0.25) is 0 Å². The third-order valence-corrected chi connectivity index (χ3v) is 3.85. The summed E-state index contributed by atoms with van der Waals surface area (Å²) in [4.78, 5) is 4.20. The quantitative estimate of drug-likeness (QED) is 0.853. The number of nitrogens with zero attached hydrogens (tertiary/aromatic N) is 2. The summed E-state index contributed by atoms with van der Waals surface area (Å²) in [6, 6.07) is 5.17. The van der Waals surface area contributed by atoms with Crippen molar-refractivity contribution in [3.8, 4) is 0 Å². The summed E-state index contributed by atoms with van der Waals surface area (Å²) in [5, 5.41) is 0. The molecule has 2 rings (SSSR count). The summed E-state index contributed by atoms with van der Waals surface area (Å²) in [5.41, 5.74) is 6.56. The van der Waals surface area contributed by atoms with E-state index in [1.165, 1.54) is 12.5 Å². The van der Waals surface area contributed by atoms with Crippen LogP contribution in [0.4, 0.5) is 20.2 Å². The minimum absolute atomic E-state index is 0.0168. The number of nitrogen functional groups attached to an aromatic ring is 1. The maximum absolute atomic E-state index is 13.1. The van der Waals surface area contributed by atoms with Crippen molar-refractivity contribution in [2.75, 3.05) is 37.8 Å². The van der Waals surface area contributed by atoms with Gasteiger partial charge in [-0.3, -0.25) is 0 Å². The molecule has 1 aromatic rings. The van der Waals surface area contributed by atoms with Gasteiger partial charge in [0.25, 0.3) is 6.43 Å². The molecule has 106 valence electrons. The van der Waals surface area contributed by atoms with Crippen LogP contribution in [-0.4, -0.2) is 38.1 Å². The van der Waals surface area contributed by atoms with Gasteiger partial charge in [0, 0.05) is 36.6 Å². The number of likely N-dealkylation sites (tertiary alicyclic amines) is 1. The van der Waals surface area contributed by atoms with Crippen molar-refractivity contribution in [3.63, 3.8) is 0 Å². The van der Waals surface area contributed by atoms with E-state index >= 15 is 0 Å². The predicted octanol–water partition coefficient (Wildman–Crippen LogP) is 2.74. The van der Waals surface area contributed by atoms with Gasteiger partial charge in [-0.1, -0.05) is 0 Å². The zero-order valence-corrected chi connectivity index (χ0v) is 11.4. The molecule has 3 nitrogen and oxygen atoms in total. The first-order chi connectivity index (χ1) is 8.99. The molecule has 1 fully saturated rings. The number of nitrogens with two attached hydrogens (primary N) is 1. The molecule has 0 spiro atoms. The van der Waals surface area contributed by atoms with Gasteiger partial charge < -0.3 is 15.5 Å². The minimum Gasteiger partial charge on any atom is -0.399 e. The Morgan fingerprint density at radius 2 is 2.21 bits per heavy atom. The lowest BCUT2D eigenvalue weighted by atomic mass is 10.1. The Hall–Kier alpha value is -1.36. The number of hydrogen-bond acceptors (Lipinski definition) is 3. The predicted molar refractivity (Wildman–Crippen MR) is 74.7 cm³/mol. The van der Waals surface area contributed by atoms with E-state index in [1.807, 2.05) is 11.9 Å². The van der Waals surface area contributed by atoms with Gasteiger partial charge in [-0.05, 0) is 44.6 Å². The van der Waals surface area contributed by atoms with Crippen molar-refractivity contribution in [2.45, 2.75) is 25.3 Å². The minimum atomic E-state index is -2.50. The number of hydrogen-bond donors (Lipinski definition) is 1. The van der Waals surface area contributed by atoms with Crippen LogP contribution in [0.3, 0.4) is 0 Å². The van der Waals surface area contributed by atoms with Gasteiger partial charge in [-0.2, -0.15) is 0 Å². The first-order valence-electron chi connectivity index (χ1n) is 6.58. The molecule has 1 aliphatic heterocycles. The van der Waals surface area contributed by atoms with E-state index in [2.05, 4.69) is 11.9 Å². The van der Waals surface area contributed by atoms with Crippen molar-refractivity contribution in [1.29, 1.82) is 0 Å². The Kier molecular flexibility index (Phi) is 4.24. The summed E-state index contributed by atoms with van der Waals surface area (Å²) < 4.78 is 26.1. The van der Waals surface area contributed by atoms with Gasteiger partial charge in [0.1, 0.15) is 0 Å². The Bertz CT molecular complexity index is 437. The number of anilines is 2. The zero-order chi connectivity index (χ0) is 14.0. The van der Waals surface area contributed by atoms with Gasteiger partial charge >= 0.3 is 0 Å². The van der Waals surface area contributed by atoms with Crippen LogP contribution in [0.1, 0.15) is 24.8 Å². The standard InChI is InChI=1S/C14H21F2N3/c1-18-7-3-4-11(18)9-19(2)13-6-5-10(17)8-12(13)14(15)16/h5-6,8,11,14H,3-4,7,9,17H2,1-2H3. The van der Waals surface area contributed by atoms with Crippen LogP contribution in [0, 0.1) is 0 Å². The van der Waals surface area contributed by atoms with E-state index in [0.29, 0.717) is 17.4 Å². The molecular formula is C14H21F2N3. The Balaban J connectivity index is 2.16. The average molecular weight is 269 g/mol. The molecule has 0 saturated carbocycles. The van der Waals surface area contributed by atoms with Crippen molar-refractivity contribution in [2.24, 2.45) is 0 Å². The molecule has 0 amide bonds. The smallest absolute Gasteiger partial charge is 0.265 e. The summed E-state index contributed by atoms with van der Waals surface area (Å²) in [6.07, 6.45) is -0.194. The van der Waals surface area contributed by atoms with E-state index in [0.717, 1.165) is 19.5 Å². The van der Waals surface area contributed by atoms with E-state index < -0.39 is 6.43 Å². The number of halogens is 2. The molecule has 0 aliphatic carbocycles. The third-order valence-electron chi connectivity index (χ3n) is 3.85. The molecule has 0 bridgehead atoms. The van der Waals surface area contributed by atoms with Gasteiger partial charge in [0.05, 0.1) is 0 Å². The van der Waals surface area contributed by atoms with Crippen LogP contribution in [-0.2, 0) is 0 Å². The summed E-state index contributed by atoms with van der Waals surface area (Å²) in [5.74, 6) is 0. The number of benzene rings is 1. The van der Waals surface area contributed by atoms with E-state index in [-0.39, 0.29) is 5.56 Å². The average Bonchev–Trinajstić information content (AvgIpc) is 2.74. The lowest BCUT2D eigenvalue weighted by Crippen LogP contribution is -2.37. The fraction of sp³-hybridized carbons (Fsp3) is 0.571. The normalized spacial score (nSPS) is 20.2. The molecule has 5 heteroatoms. The molecule has 0 radical (unpaired) electrons. The van der Waals surface area contributed by atoms with E-state index in [1.54, 1.807) is 12.1 Å². The van der Waals surface area contributed by atoms with Crippen LogP contribution in [0.25, 0.3) is 0 Å². The van der Waals surface area contributed by atoms with Crippen molar-refractivity contribution >= 4 is 11.4 Å². The Morgan fingerprint density at radius 1 is 1.47 bits per heavy atom. The second-order valence-electron chi connectivity index (χ2n) is 5.28. The highest BCUT2D eigenvalue weighted by Crippen LogP contribution is 2.31. The highest BCUT2D eigenvalue weighted by atomic mass is 19.3. The molecule has 1 aliphatic rings. The molecule has 2 N–H and O–H groups in total. The van der Waals surface area contributed by atoms with Crippen LogP contribution in [0.2, 0.25) is 0 Å². The van der Waals surface area contributed by atoms with Gasteiger partial charge in [-0.15, -0.1) is 0 Å². The molecule has 19 heavy (non-hydrogen) atoms. The maximum Gasteiger partial charge on any atom is 0.265 e. The van der Waals surface area contributed by atoms with Crippen LogP contribution < -0.4 is 10.6 Å². The Labute approximate surface area is 113 Å². The first-order valence-corrected chi connectivity index (χ1v) is 6.58. The largest absolute Gasteiger partial charge is 0.399 e. The highest BCUT2D eigenvalue weighted by molar-refractivity contribution is 5.60. The van der Waals surface area contributed by atoms with Crippen molar-refractivity contribution in [1.82, 2.24) is 4.90 Å². The number of alkyl halides is 2. The highest BCUT2D eigenvalue weighted by Gasteiger charge is 2.24. The van der Waals surface area contributed by atoms with Gasteiger partial charge in [0.15, 0.2) is 0 Å². The van der Waals surface area contributed by atoms with Crippen LogP contribution in [0.5, 0.6) is 0 Å². The summed E-state index contributed by atoms with van der Waals surface area (Å²) in [6.45, 7) is 1.85. The molecular weight excluding hydrogens is 248 g/mol. The van der Waals surface area contributed by atoms with Crippen molar-refractivity contribution in [3.05, 3.63) is 23.8 Å². The lowest BCUT2D eigenvalue weighted by Gasteiger charge is -2.28. The fourth-order valence-corrected chi connectivity index (χ4v) is 2.72. The van der Waals surface area contributed by atoms with Gasteiger partial charge in [-0.25, -0.2) is 8.78 Å². The van der Waals surface area contributed by atoms with E-state index in [9.17, 15) is 8.78 Å². The number of rotatable bonds is 4. The second-order valence-corrected chi connectivity index (χ2v) is 5.28. The number of likely N-dealkylation sites (N-methyl/N-ethyl adjacent to an activating group) is 2. The zero-order valence-electron chi connectivity index (χ0n) is 11.4. The third kappa shape index (κ3) is 3.15. The molecule has 1 unspecified atom stereocenters. The summed E-state index contributed by atoms with van der Waals surface area (Å²) >= 11 is 0. The van der Waals surface area contributed by atoms with Crippen molar-refractivity contribution < 1.29 is 8.78 Å². The van der Waals surface area contributed by atoms with E-state index in [4.69, 9.17) is 5.73 Å². The molecule has 1 atom stereocenters.